The molecule has 0 bridgehead atoms. The summed E-state index contributed by atoms with van der Waals surface area (Å²) < 4.78 is 50.1. The minimum absolute atomic E-state index is 0.0167. The molecular formula is C19H22ClN3O5S2. The van der Waals surface area contributed by atoms with Crippen molar-refractivity contribution in [2.45, 2.75) is 9.79 Å². The van der Waals surface area contributed by atoms with Gasteiger partial charge in [-0.1, -0.05) is 17.7 Å². The summed E-state index contributed by atoms with van der Waals surface area (Å²) in [7, 11) is -6.97. The molecule has 0 aliphatic carbocycles. The summed E-state index contributed by atoms with van der Waals surface area (Å²) in [5.41, 5.74) is 0.523. The monoisotopic (exact) mass is 471 g/mol. The fourth-order valence-electron chi connectivity index (χ4n) is 3.06. The first-order valence-electron chi connectivity index (χ1n) is 9.15. The Labute approximate surface area is 181 Å². The number of anilines is 1. The van der Waals surface area contributed by atoms with E-state index in [0.29, 0.717) is 10.7 Å². The normalized spacial score (nSPS) is 15.7. The minimum atomic E-state index is -3.64. The number of nitrogens with one attached hydrogen (secondary N) is 1. The van der Waals surface area contributed by atoms with Gasteiger partial charge in [-0.25, -0.2) is 16.8 Å². The van der Waals surface area contributed by atoms with Crippen molar-refractivity contribution in [2.24, 2.45) is 0 Å². The van der Waals surface area contributed by atoms with E-state index in [-0.39, 0.29) is 48.4 Å². The number of carbonyl (C=O) groups is 1. The van der Waals surface area contributed by atoms with Crippen molar-refractivity contribution in [3.63, 3.8) is 0 Å². The molecule has 0 unspecified atom stereocenters. The number of rotatable bonds is 6. The number of halogens is 1. The van der Waals surface area contributed by atoms with E-state index in [0.717, 1.165) is 6.26 Å². The van der Waals surface area contributed by atoms with Crippen LogP contribution in [-0.2, 0) is 24.7 Å². The number of sulfone groups is 1. The zero-order chi connectivity index (χ0) is 21.9. The molecule has 8 nitrogen and oxygen atoms in total. The Balaban J connectivity index is 1.56. The molecule has 0 saturated carbocycles. The van der Waals surface area contributed by atoms with Gasteiger partial charge < -0.3 is 10.2 Å². The van der Waals surface area contributed by atoms with Gasteiger partial charge in [-0.2, -0.15) is 4.31 Å². The maximum Gasteiger partial charge on any atom is 0.243 e. The van der Waals surface area contributed by atoms with Gasteiger partial charge in [-0.3, -0.25) is 4.79 Å². The van der Waals surface area contributed by atoms with Crippen molar-refractivity contribution in [2.75, 3.05) is 44.3 Å². The molecule has 1 N–H and O–H groups in total. The molecule has 1 saturated heterocycles. The van der Waals surface area contributed by atoms with Crippen molar-refractivity contribution in [1.29, 1.82) is 0 Å². The second kappa shape index (κ2) is 8.93. The Bertz CT molecular complexity index is 1130. The van der Waals surface area contributed by atoms with Gasteiger partial charge in [0, 0.05) is 43.1 Å². The third-order valence-corrected chi connectivity index (χ3v) is 8.02. The zero-order valence-corrected chi connectivity index (χ0v) is 18.7. The lowest BCUT2D eigenvalue weighted by atomic mass is 10.3. The minimum Gasteiger partial charge on any atom is -0.376 e. The van der Waals surface area contributed by atoms with E-state index in [4.69, 9.17) is 11.6 Å². The number of nitrogens with zero attached hydrogens (tertiary/aromatic N) is 2. The van der Waals surface area contributed by atoms with Crippen molar-refractivity contribution < 1.29 is 21.6 Å². The number of sulfonamides is 1. The number of hydrogen-bond donors (Lipinski definition) is 1. The van der Waals surface area contributed by atoms with Crippen LogP contribution in [-0.4, -0.2) is 70.9 Å². The number of hydrogen-bond acceptors (Lipinski definition) is 6. The summed E-state index contributed by atoms with van der Waals surface area (Å²) in [5.74, 6) is -0.191. The van der Waals surface area contributed by atoms with Gasteiger partial charge in [-0.15, -0.1) is 0 Å². The van der Waals surface area contributed by atoms with Gasteiger partial charge in [0.15, 0.2) is 9.84 Å². The quantitative estimate of drug-likeness (QED) is 0.687. The summed E-state index contributed by atoms with van der Waals surface area (Å²) >= 11 is 5.82. The summed E-state index contributed by atoms with van der Waals surface area (Å²) in [6.45, 7) is 0.922. The van der Waals surface area contributed by atoms with Gasteiger partial charge in [0.2, 0.25) is 15.9 Å². The Hall–Kier alpha value is -2.14. The average molecular weight is 472 g/mol. The second-order valence-corrected chi connectivity index (χ2v) is 11.3. The zero-order valence-electron chi connectivity index (χ0n) is 16.3. The van der Waals surface area contributed by atoms with Gasteiger partial charge in [-0.05, 0) is 42.5 Å². The Morgan fingerprint density at radius 1 is 0.967 bits per heavy atom. The molecule has 1 amide bonds. The van der Waals surface area contributed by atoms with Crippen LogP contribution in [0.2, 0.25) is 5.02 Å². The van der Waals surface area contributed by atoms with Crippen LogP contribution in [0.3, 0.4) is 0 Å². The molecule has 0 spiro atoms. The van der Waals surface area contributed by atoms with Crippen LogP contribution in [0.15, 0.2) is 58.3 Å². The van der Waals surface area contributed by atoms with E-state index < -0.39 is 19.9 Å². The molecular weight excluding hydrogens is 450 g/mol. The van der Waals surface area contributed by atoms with Crippen molar-refractivity contribution in [3.05, 3.63) is 53.6 Å². The van der Waals surface area contributed by atoms with E-state index in [9.17, 15) is 21.6 Å². The fourth-order valence-corrected chi connectivity index (χ4v) is 5.27. The third kappa shape index (κ3) is 5.31. The third-order valence-electron chi connectivity index (χ3n) is 4.75. The smallest absolute Gasteiger partial charge is 0.243 e. The molecule has 2 aromatic carbocycles. The average Bonchev–Trinajstić information content (AvgIpc) is 2.72. The molecule has 11 heteroatoms. The first-order chi connectivity index (χ1) is 14.1. The van der Waals surface area contributed by atoms with Crippen LogP contribution in [0.1, 0.15) is 0 Å². The second-order valence-electron chi connectivity index (χ2n) is 6.89. The number of piperazine rings is 1. The highest BCUT2D eigenvalue weighted by Crippen LogP contribution is 2.20. The molecule has 30 heavy (non-hydrogen) atoms. The Morgan fingerprint density at radius 3 is 2.20 bits per heavy atom. The molecule has 1 fully saturated rings. The van der Waals surface area contributed by atoms with Crippen LogP contribution >= 0.6 is 11.6 Å². The van der Waals surface area contributed by atoms with Crippen LogP contribution in [0.4, 0.5) is 5.69 Å². The lowest BCUT2D eigenvalue weighted by Crippen LogP contribution is -2.51. The molecule has 0 radical (unpaired) electrons. The lowest BCUT2D eigenvalue weighted by Gasteiger charge is -2.34. The Morgan fingerprint density at radius 2 is 1.60 bits per heavy atom. The molecule has 1 aliphatic rings. The van der Waals surface area contributed by atoms with E-state index in [1.54, 1.807) is 17.0 Å². The van der Waals surface area contributed by atoms with Crippen LogP contribution in [0, 0.1) is 0 Å². The molecule has 0 aromatic heterocycles. The van der Waals surface area contributed by atoms with Gasteiger partial charge >= 0.3 is 0 Å². The molecule has 1 aliphatic heterocycles. The molecule has 3 rings (SSSR count). The van der Waals surface area contributed by atoms with Gasteiger partial charge in [0.1, 0.15) is 0 Å². The predicted molar refractivity (Wildman–Crippen MR) is 115 cm³/mol. The number of benzene rings is 2. The van der Waals surface area contributed by atoms with Crippen molar-refractivity contribution in [3.8, 4) is 0 Å². The number of carbonyl (C=O) groups excluding carboxylic acids is 1. The highest BCUT2D eigenvalue weighted by Gasteiger charge is 2.30. The first kappa shape index (κ1) is 22.5. The topological polar surface area (TPSA) is 104 Å². The van der Waals surface area contributed by atoms with E-state index in [1.807, 2.05) is 0 Å². The van der Waals surface area contributed by atoms with Crippen LogP contribution in [0.5, 0.6) is 0 Å². The predicted octanol–water partition coefficient (Wildman–Crippen LogP) is 1.69. The highest BCUT2D eigenvalue weighted by molar-refractivity contribution is 7.90. The Kier molecular flexibility index (Phi) is 6.71. The molecule has 162 valence electrons. The number of amides is 1. The SMILES string of the molecule is CS(=O)(=O)c1cccc(NCC(=O)N2CCN(S(=O)(=O)c3ccc(Cl)cc3)CC2)c1. The summed E-state index contributed by atoms with van der Waals surface area (Å²) in [5, 5.41) is 3.38. The molecule has 2 aromatic rings. The molecule has 1 heterocycles. The fraction of sp³-hybridized carbons (Fsp3) is 0.316. The first-order valence-corrected chi connectivity index (χ1v) is 12.9. The maximum absolute atomic E-state index is 12.7. The summed E-state index contributed by atoms with van der Waals surface area (Å²) in [6, 6.07) is 12.2. The summed E-state index contributed by atoms with van der Waals surface area (Å²) in [4.78, 5) is 14.4. The van der Waals surface area contributed by atoms with E-state index >= 15 is 0 Å². The standard InChI is InChI=1S/C19H22ClN3O5S2/c1-29(25,26)18-4-2-3-16(13-18)21-14-19(24)22-9-11-23(12-10-22)30(27,28)17-7-5-15(20)6-8-17/h2-8,13,21H,9-12,14H2,1H3. The molecule has 0 atom stereocenters. The van der Waals surface area contributed by atoms with Gasteiger partial charge in [0.25, 0.3) is 0 Å². The highest BCUT2D eigenvalue weighted by atomic mass is 35.5. The van der Waals surface area contributed by atoms with E-state index in [1.165, 1.54) is 40.7 Å². The van der Waals surface area contributed by atoms with E-state index in [2.05, 4.69) is 5.32 Å². The van der Waals surface area contributed by atoms with Crippen LogP contribution < -0.4 is 5.32 Å². The maximum atomic E-state index is 12.7. The van der Waals surface area contributed by atoms with Crippen molar-refractivity contribution in [1.82, 2.24) is 9.21 Å². The summed E-state index contributed by atoms with van der Waals surface area (Å²) in [6.07, 6.45) is 1.12. The largest absolute Gasteiger partial charge is 0.376 e. The van der Waals surface area contributed by atoms with Crippen LogP contribution in [0.25, 0.3) is 0 Å². The van der Waals surface area contributed by atoms with Gasteiger partial charge in [0.05, 0.1) is 16.3 Å². The lowest BCUT2D eigenvalue weighted by molar-refractivity contribution is -0.130. The van der Waals surface area contributed by atoms with Crippen molar-refractivity contribution >= 4 is 43.1 Å².